The molecule has 1 amide bonds. The van der Waals surface area contributed by atoms with Gasteiger partial charge in [-0.3, -0.25) is 4.79 Å². The highest BCUT2D eigenvalue weighted by molar-refractivity contribution is 14.1. The maximum absolute atomic E-state index is 11.8. The van der Waals surface area contributed by atoms with E-state index in [4.69, 9.17) is 11.6 Å². The summed E-state index contributed by atoms with van der Waals surface area (Å²) in [5, 5.41) is 5.35. The average Bonchev–Trinajstić information content (AvgIpc) is 2.60. The molecule has 15 heavy (non-hydrogen) atoms. The first-order valence-corrected chi connectivity index (χ1v) is 7.44. The number of alkyl halides is 1. The van der Waals surface area contributed by atoms with Crippen molar-refractivity contribution in [1.82, 2.24) is 5.32 Å². The molecule has 1 rings (SSSR count). The Bertz CT molecular complexity index is 340. The molecule has 0 bridgehead atoms. The van der Waals surface area contributed by atoms with E-state index in [0.29, 0.717) is 15.8 Å². The summed E-state index contributed by atoms with van der Waals surface area (Å²) < 4.78 is 0.907. The molecule has 2 nitrogen and oxygen atoms in total. The number of hydrogen-bond acceptors (Lipinski definition) is 2. The first-order valence-electron chi connectivity index (χ1n) is 4.66. The molecule has 1 unspecified atom stereocenters. The molecule has 0 aliphatic rings. The van der Waals surface area contributed by atoms with E-state index in [-0.39, 0.29) is 11.9 Å². The van der Waals surface area contributed by atoms with Gasteiger partial charge < -0.3 is 5.32 Å². The van der Waals surface area contributed by atoms with Gasteiger partial charge in [-0.1, -0.05) is 48.0 Å². The number of rotatable bonds is 4. The predicted octanol–water partition coefficient (Wildman–Crippen LogP) is 3.59. The Kier molecular flexibility index (Phi) is 5.35. The Morgan fingerprint density at radius 2 is 2.33 bits per heavy atom. The SMILES string of the molecule is CC(C)C(CI)NC(=O)c1sccc1Cl. The normalized spacial score (nSPS) is 12.9. The van der Waals surface area contributed by atoms with Crippen molar-refractivity contribution in [1.29, 1.82) is 0 Å². The van der Waals surface area contributed by atoms with Crippen LogP contribution in [-0.2, 0) is 0 Å². The molecule has 0 saturated heterocycles. The molecule has 0 aliphatic heterocycles. The molecule has 1 aromatic heterocycles. The minimum absolute atomic E-state index is 0.0645. The largest absolute Gasteiger partial charge is 0.348 e. The number of amides is 1. The van der Waals surface area contributed by atoms with E-state index in [1.54, 1.807) is 6.07 Å². The van der Waals surface area contributed by atoms with E-state index in [1.807, 2.05) is 5.38 Å². The van der Waals surface area contributed by atoms with Crippen LogP contribution < -0.4 is 5.32 Å². The lowest BCUT2D eigenvalue weighted by atomic mass is 10.1. The number of carbonyl (C=O) groups excluding carboxylic acids is 1. The Hall–Kier alpha value is 0.190. The van der Waals surface area contributed by atoms with Crippen LogP contribution >= 0.6 is 45.5 Å². The Morgan fingerprint density at radius 3 is 2.73 bits per heavy atom. The highest BCUT2D eigenvalue weighted by atomic mass is 127. The second-order valence-electron chi connectivity index (χ2n) is 3.58. The molecule has 5 heteroatoms. The zero-order valence-electron chi connectivity index (χ0n) is 8.59. The molecule has 1 aromatic rings. The van der Waals surface area contributed by atoms with Gasteiger partial charge in [0.1, 0.15) is 4.88 Å². The lowest BCUT2D eigenvalue weighted by Crippen LogP contribution is -2.39. The van der Waals surface area contributed by atoms with E-state index in [2.05, 4.69) is 41.8 Å². The molecule has 0 aromatic carbocycles. The topological polar surface area (TPSA) is 29.1 Å². The molecule has 0 fully saturated rings. The molecule has 1 atom stereocenters. The summed E-state index contributed by atoms with van der Waals surface area (Å²) >= 11 is 9.54. The number of thiophene rings is 1. The lowest BCUT2D eigenvalue weighted by Gasteiger charge is -2.19. The van der Waals surface area contributed by atoms with Gasteiger partial charge in [0.25, 0.3) is 5.91 Å². The van der Waals surface area contributed by atoms with Gasteiger partial charge in [0.2, 0.25) is 0 Å². The summed E-state index contributed by atoms with van der Waals surface area (Å²) in [5.41, 5.74) is 0. The first-order chi connectivity index (χ1) is 7.06. The highest BCUT2D eigenvalue weighted by Gasteiger charge is 2.18. The fourth-order valence-electron chi connectivity index (χ4n) is 1.07. The van der Waals surface area contributed by atoms with Crippen molar-refractivity contribution in [2.45, 2.75) is 19.9 Å². The van der Waals surface area contributed by atoms with Gasteiger partial charge in [0.15, 0.2) is 0 Å². The second-order valence-corrected chi connectivity index (χ2v) is 5.78. The third kappa shape index (κ3) is 3.60. The molecule has 84 valence electrons. The third-order valence-electron chi connectivity index (χ3n) is 2.11. The van der Waals surface area contributed by atoms with E-state index in [9.17, 15) is 4.79 Å². The van der Waals surface area contributed by atoms with Gasteiger partial charge in [0.05, 0.1) is 5.02 Å². The van der Waals surface area contributed by atoms with E-state index in [1.165, 1.54) is 11.3 Å². The van der Waals surface area contributed by atoms with Crippen LogP contribution in [0.4, 0.5) is 0 Å². The first kappa shape index (κ1) is 13.3. The van der Waals surface area contributed by atoms with E-state index < -0.39 is 0 Å². The fraction of sp³-hybridized carbons (Fsp3) is 0.500. The van der Waals surface area contributed by atoms with Crippen LogP contribution in [0.3, 0.4) is 0 Å². The summed E-state index contributed by atoms with van der Waals surface area (Å²) in [7, 11) is 0. The van der Waals surface area contributed by atoms with E-state index >= 15 is 0 Å². The smallest absolute Gasteiger partial charge is 0.263 e. The van der Waals surface area contributed by atoms with Crippen LogP contribution in [0.15, 0.2) is 11.4 Å². The third-order valence-corrected chi connectivity index (χ3v) is 4.40. The van der Waals surface area contributed by atoms with Crippen LogP contribution in [0.1, 0.15) is 23.5 Å². The van der Waals surface area contributed by atoms with Crippen molar-refractivity contribution in [3.8, 4) is 0 Å². The van der Waals surface area contributed by atoms with Crippen molar-refractivity contribution < 1.29 is 4.79 Å². The number of hydrogen-bond donors (Lipinski definition) is 1. The zero-order valence-corrected chi connectivity index (χ0v) is 12.3. The maximum Gasteiger partial charge on any atom is 0.263 e. The fourth-order valence-corrected chi connectivity index (χ4v) is 3.35. The van der Waals surface area contributed by atoms with Gasteiger partial charge >= 0.3 is 0 Å². The number of halogens is 2. The summed E-state index contributed by atoms with van der Waals surface area (Å²) in [6.07, 6.45) is 0. The minimum Gasteiger partial charge on any atom is -0.348 e. The van der Waals surface area contributed by atoms with Crippen LogP contribution in [0.5, 0.6) is 0 Å². The molecule has 0 aliphatic carbocycles. The Labute approximate surface area is 113 Å². The summed E-state index contributed by atoms with van der Waals surface area (Å²) in [6, 6.07) is 1.95. The van der Waals surface area contributed by atoms with Gasteiger partial charge in [-0.25, -0.2) is 0 Å². The average molecular weight is 358 g/mol. The molecule has 1 N–H and O–H groups in total. The van der Waals surface area contributed by atoms with Crippen molar-refractivity contribution in [2.24, 2.45) is 5.92 Å². The van der Waals surface area contributed by atoms with Gasteiger partial charge in [0, 0.05) is 10.5 Å². The van der Waals surface area contributed by atoms with Crippen molar-refractivity contribution in [2.75, 3.05) is 4.43 Å². The Balaban J connectivity index is 2.67. The maximum atomic E-state index is 11.8. The summed E-state index contributed by atoms with van der Waals surface area (Å²) in [6.45, 7) is 4.19. The Morgan fingerprint density at radius 1 is 1.67 bits per heavy atom. The van der Waals surface area contributed by atoms with Crippen molar-refractivity contribution in [3.05, 3.63) is 21.3 Å². The molecular formula is C10H13ClINOS. The van der Waals surface area contributed by atoms with Crippen LogP contribution in [0.2, 0.25) is 5.02 Å². The highest BCUT2D eigenvalue weighted by Crippen LogP contribution is 2.22. The summed E-state index contributed by atoms with van der Waals surface area (Å²) in [4.78, 5) is 12.4. The monoisotopic (exact) mass is 357 g/mol. The molecule has 0 saturated carbocycles. The number of carbonyl (C=O) groups is 1. The number of nitrogens with one attached hydrogen (secondary N) is 1. The van der Waals surface area contributed by atoms with Gasteiger partial charge in [-0.05, 0) is 17.4 Å². The standard InChI is InChI=1S/C10H13ClINOS/c1-6(2)8(5-12)13-10(14)9-7(11)3-4-15-9/h3-4,6,8H,5H2,1-2H3,(H,13,14). The molecule has 0 spiro atoms. The summed E-state index contributed by atoms with van der Waals surface area (Å²) in [5.74, 6) is 0.370. The van der Waals surface area contributed by atoms with E-state index in [0.717, 1.165) is 4.43 Å². The lowest BCUT2D eigenvalue weighted by molar-refractivity contribution is 0.0936. The van der Waals surface area contributed by atoms with Crippen LogP contribution in [0.25, 0.3) is 0 Å². The van der Waals surface area contributed by atoms with Crippen molar-refractivity contribution in [3.63, 3.8) is 0 Å². The quantitative estimate of drug-likeness (QED) is 0.647. The second kappa shape index (κ2) is 6.06. The molecular weight excluding hydrogens is 345 g/mol. The predicted molar refractivity (Wildman–Crippen MR) is 74.3 cm³/mol. The molecule has 1 heterocycles. The zero-order chi connectivity index (χ0) is 11.4. The molecule has 0 radical (unpaired) electrons. The van der Waals surface area contributed by atoms with Gasteiger partial charge in [-0.2, -0.15) is 0 Å². The van der Waals surface area contributed by atoms with Crippen LogP contribution in [-0.4, -0.2) is 16.4 Å². The minimum atomic E-state index is -0.0645. The van der Waals surface area contributed by atoms with Crippen LogP contribution in [0, 0.1) is 5.92 Å². The van der Waals surface area contributed by atoms with Crippen molar-refractivity contribution >= 4 is 51.4 Å². The van der Waals surface area contributed by atoms with Gasteiger partial charge in [-0.15, -0.1) is 11.3 Å².